The van der Waals surface area contributed by atoms with E-state index in [4.69, 9.17) is 24.9 Å². The van der Waals surface area contributed by atoms with E-state index in [9.17, 15) is 4.79 Å². The van der Waals surface area contributed by atoms with Gasteiger partial charge in [0.2, 0.25) is 0 Å². The molecule has 1 aliphatic rings. The van der Waals surface area contributed by atoms with E-state index in [0.29, 0.717) is 36.0 Å². The van der Waals surface area contributed by atoms with E-state index >= 15 is 0 Å². The zero-order valence-electron chi connectivity index (χ0n) is 21.5. The molecule has 4 rings (SSSR count). The number of fused-ring (bicyclic) bond motifs is 1. The van der Waals surface area contributed by atoms with Crippen LogP contribution < -0.4 is 15.2 Å². The third kappa shape index (κ3) is 5.95. The van der Waals surface area contributed by atoms with Crippen LogP contribution in [0, 0.1) is 5.92 Å². The van der Waals surface area contributed by atoms with Crippen molar-refractivity contribution in [3.63, 3.8) is 0 Å². The summed E-state index contributed by atoms with van der Waals surface area (Å²) in [6.07, 6.45) is 4.01. The third-order valence-corrected chi connectivity index (χ3v) is 7.16. The smallest absolute Gasteiger partial charge is 0.410 e. The summed E-state index contributed by atoms with van der Waals surface area (Å²) in [6, 6.07) is 5.66. The Morgan fingerprint density at radius 3 is 2.58 bits per heavy atom. The normalized spacial score (nSPS) is 14.8. The number of methoxy groups -OCH3 is 2. The maximum Gasteiger partial charge on any atom is 0.410 e. The third-order valence-electron chi connectivity index (χ3n) is 6.12. The molecule has 0 bridgehead atoms. The molecule has 3 aromatic rings. The summed E-state index contributed by atoms with van der Waals surface area (Å²) in [7, 11) is 3.28. The SMILES string of the molecule is COc1ccc(OC)c(Sc2nc3c(N)ncnc3n2CCC2CCN(C(=O)OC(C)(C)C)CC2)c1. The molecular weight excluding hydrogens is 480 g/mol. The number of likely N-dealkylation sites (tertiary alicyclic amines) is 1. The molecule has 2 N–H and O–H groups in total. The number of amides is 1. The Hall–Kier alpha value is -3.21. The van der Waals surface area contributed by atoms with Gasteiger partial charge in [-0.2, -0.15) is 0 Å². The minimum absolute atomic E-state index is 0.236. The first-order chi connectivity index (χ1) is 17.2. The predicted molar refractivity (Wildman–Crippen MR) is 139 cm³/mol. The Balaban J connectivity index is 1.50. The van der Waals surface area contributed by atoms with Crippen LogP contribution >= 0.6 is 11.8 Å². The number of nitrogen functional groups attached to an aromatic ring is 1. The molecule has 0 radical (unpaired) electrons. The minimum Gasteiger partial charge on any atom is -0.497 e. The number of nitrogens with zero attached hydrogens (tertiary/aromatic N) is 5. The van der Waals surface area contributed by atoms with Gasteiger partial charge in [0.05, 0.1) is 19.1 Å². The summed E-state index contributed by atoms with van der Waals surface area (Å²) in [5, 5.41) is 0.759. The highest BCUT2D eigenvalue weighted by Gasteiger charge is 2.27. The number of imidazole rings is 1. The lowest BCUT2D eigenvalue weighted by atomic mass is 9.94. The fraction of sp³-hybridized carbons (Fsp3) is 0.520. The summed E-state index contributed by atoms with van der Waals surface area (Å²) in [4.78, 5) is 28.5. The number of carbonyl (C=O) groups excluding carboxylic acids is 1. The van der Waals surface area contributed by atoms with E-state index in [-0.39, 0.29) is 6.09 Å². The van der Waals surface area contributed by atoms with Gasteiger partial charge in [-0.3, -0.25) is 0 Å². The van der Waals surface area contributed by atoms with Crippen LogP contribution in [0.2, 0.25) is 0 Å². The van der Waals surface area contributed by atoms with Crippen molar-refractivity contribution in [2.75, 3.05) is 33.0 Å². The molecule has 10 nitrogen and oxygen atoms in total. The van der Waals surface area contributed by atoms with Gasteiger partial charge in [-0.1, -0.05) is 0 Å². The average Bonchev–Trinajstić information content (AvgIpc) is 3.20. The van der Waals surface area contributed by atoms with Gasteiger partial charge < -0.3 is 29.4 Å². The molecule has 11 heteroatoms. The maximum atomic E-state index is 12.4. The van der Waals surface area contributed by atoms with Crippen LogP contribution in [0.4, 0.5) is 10.6 Å². The number of piperidine rings is 1. The second kappa shape index (κ2) is 10.8. The highest BCUT2D eigenvalue weighted by molar-refractivity contribution is 7.99. The topological polar surface area (TPSA) is 118 Å². The zero-order chi connectivity index (χ0) is 25.9. The van der Waals surface area contributed by atoms with Gasteiger partial charge in [0.1, 0.15) is 23.4 Å². The van der Waals surface area contributed by atoms with Crippen molar-refractivity contribution in [3.8, 4) is 11.5 Å². The van der Waals surface area contributed by atoms with Crippen molar-refractivity contribution in [1.82, 2.24) is 24.4 Å². The number of aromatic nitrogens is 4. The maximum absolute atomic E-state index is 12.4. The number of ether oxygens (including phenoxy) is 3. The second-order valence-corrected chi connectivity index (χ2v) is 10.8. The van der Waals surface area contributed by atoms with E-state index in [1.54, 1.807) is 19.1 Å². The molecule has 0 unspecified atom stereocenters. The Morgan fingerprint density at radius 1 is 1.17 bits per heavy atom. The van der Waals surface area contributed by atoms with Crippen molar-refractivity contribution < 1.29 is 19.0 Å². The summed E-state index contributed by atoms with van der Waals surface area (Å²) in [5.74, 6) is 2.29. The number of benzene rings is 1. The van der Waals surface area contributed by atoms with Crippen LogP contribution in [0.25, 0.3) is 11.2 Å². The number of anilines is 1. The largest absolute Gasteiger partial charge is 0.497 e. The van der Waals surface area contributed by atoms with Crippen LogP contribution in [0.5, 0.6) is 11.5 Å². The summed E-state index contributed by atoms with van der Waals surface area (Å²) in [5.41, 5.74) is 6.93. The fourth-order valence-corrected chi connectivity index (χ4v) is 5.27. The highest BCUT2D eigenvalue weighted by atomic mass is 32.2. The molecule has 1 amide bonds. The monoisotopic (exact) mass is 514 g/mol. The molecule has 3 heterocycles. The Bertz CT molecular complexity index is 1220. The van der Waals surface area contributed by atoms with Crippen molar-refractivity contribution in [2.24, 2.45) is 5.92 Å². The number of hydrogen-bond donors (Lipinski definition) is 1. The molecule has 194 valence electrons. The van der Waals surface area contributed by atoms with Crippen molar-refractivity contribution in [1.29, 1.82) is 0 Å². The van der Waals surface area contributed by atoms with Crippen LogP contribution in [-0.2, 0) is 11.3 Å². The second-order valence-electron chi connectivity index (χ2n) is 9.80. The van der Waals surface area contributed by atoms with Crippen molar-refractivity contribution in [2.45, 2.75) is 62.2 Å². The Kier molecular flexibility index (Phi) is 7.77. The molecule has 0 atom stereocenters. The Morgan fingerprint density at radius 2 is 1.92 bits per heavy atom. The number of carbonyl (C=O) groups is 1. The van der Waals surface area contributed by atoms with Gasteiger partial charge in [0, 0.05) is 19.6 Å². The van der Waals surface area contributed by atoms with Crippen LogP contribution in [-0.4, -0.2) is 63.4 Å². The lowest BCUT2D eigenvalue weighted by Crippen LogP contribution is -2.41. The van der Waals surface area contributed by atoms with E-state index in [1.165, 1.54) is 18.1 Å². The Labute approximate surface area is 215 Å². The number of nitrogens with two attached hydrogens (primary N) is 1. The standard InChI is InChI=1S/C25H34N6O4S/c1-25(2,3)35-24(32)30-11-8-16(9-12-30)10-13-31-22-20(21(26)27-15-28-22)29-23(31)36-19-14-17(33-4)6-7-18(19)34-5/h6-7,14-16H,8-13H2,1-5H3,(H2,26,27,28). The summed E-state index contributed by atoms with van der Waals surface area (Å²) >= 11 is 1.48. The van der Waals surface area contributed by atoms with Crippen LogP contribution in [0.1, 0.15) is 40.0 Å². The van der Waals surface area contributed by atoms with Gasteiger partial charge in [-0.05, 0) is 75.9 Å². The lowest BCUT2D eigenvalue weighted by molar-refractivity contribution is 0.0180. The first kappa shape index (κ1) is 25.9. The zero-order valence-corrected chi connectivity index (χ0v) is 22.3. The molecule has 1 aromatic carbocycles. The first-order valence-electron chi connectivity index (χ1n) is 12.0. The van der Waals surface area contributed by atoms with Gasteiger partial charge in [0.25, 0.3) is 0 Å². The van der Waals surface area contributed by atoms with E-state index in [1.807, 2.05) is 39.0 Å². The molecule has 1 fully saturated rings. The highest BCUT2D eigenvalue weighted by Crippen LogP contribution is 2.38. The molecule has 2 aromatic heterocycles. The van der Waals surface area contributed by atoms with E-state index < -0.39 is 5.60 Å². The minimum atomic E-state index is -0.486. The number of aryl methyl sites for hydroxylation is 1. The fourth-order valence-electron chi connectivity index (χ4n) is 4.22. The summed E-state index contributed by atoms with van der Waals surface area (Å²) < 4.78 is 18.6. The number of hydrogen-bond acceptors (Lipinski definition) is 9. The molecular formula is C25H34N6O4S. The average molecular weight is 515 g/mol. The molecule has 1 saturated heterocycles. The van der Waals surface area contributed by atoms with Gasteiger partial charge >= 0.3 is 6.09 Å². The molecule has 0 aliphatic carbocycles. The predicted octanol–water partition coefficient (Wildman–Crippen LogP) is 4.61. The number of rotatable bonds is 7. The lowest BCUT2D eigenvalue weighted by Gasteiger charge is -2.33. The van der Waals surface area contributed by atoms with Gasteiger partial charge in [-0.15, -0.1) is 0 Å². The molecule has 36 heavy (non-hydrogen) atoms. The van der Waals surface area contributed by atoms with Crippen molar-refractivity contribution in [3.05, 3.63) is 24.5 Å². The molecule has 0 saturated carbocycles. The quantitative estimate of drug-likeness (QED) is 0.482. The van der Waals surface area contributed by atoms with Crippen molar-refractivity contribution >= 4 is 34.8 Å². The van der Waals surface area contributed by atoms with E-state index in [0.717, 1.165) is 47.4 Å². The first-order valence-corrected chi connectivity index (χ1v) is 12.8. The molecule has 0 spiro atoms. The van der Waals surface area contributed by atoms with Crippen LogP contribution in [0.3, 0.4) is 0 Å². The van der Waals surface area contributed by atoms with Gasteiger partial charge in [0.15, 0.2) is 22.1 Å². The van der Waals surface area contributed by atoms with Crippen LogP contribution in [0.15, 0.2) is 34.6 Å². The van der Waals surface area contributed by atoms with Gasteiger partial charge in [-0.25, -0.2) is 19.7 Å². The summed E-state index contributed by atoms with van der Waals surface area (Å²) in [6.45, 7) is 7.78. The molecule has 1 aliphatic heterocycles. The van der Waals surface area contributed by atoms with E-state index in [2.05, 4.69) is 14.5 Å².